The molecule has 0 aromatic carbocycles. The molecule has 0 saturated carbocycles. The smallest absolute Gasteiger partial charge is 0.119 e. The molecule has 0 spiro atoms. The van der Waals surface area contributed by atoms with E-state index in [1.54, 1.807) is 0 Å². The minimum atomic E-state index is -0.0648. The lowest BCUT2D eigenvalue weighted by atomic mass is 10.1. The lowest BCUT2D eigenvalue weighted by molar-refractivity contribution is 0.384. The SMILES string of the molecule is CC=C(C)C(C#N)N(C)C. The van der Waals surface area contributed by atoms with E-state index in [9.17, 15) is 0 Å². The van der Waals surface area contributed by atoms with Gasteiger partial charge in [-0.15, -0.1) is 0 Å². The third-order valence-electron chi connectivity index (χ3n) is 1.53. The molecule has 56 valence electrons. The predicted octanol–water partition coefficient (Wildman–Crippen LogP) is 1.41. The molecule has 0 fully saturated rings. The molecule has 0 bridgehead atoms. The molecule has 0 rings (SSSR count). The first-order valence-corrected chi connectivity index (χ1v) is 3.32. The molecular weight excluding hydrogens is 124 g/mol. The Morgan fingerprint density at radius 3 is 2.20 bits per heavy atom. The van der Waals surface area contributed by atoms with Crippen molar-refractivity contribution >= 4 is 0 Å². The zero-order chi connectivity index (χ0) is 8.15. The molecule has 0 aromatic rings. The van der Waals surface area contributed by atoms with Crippen LogP contribution in [0.25, 0.3) is 0 Å². The van der Waals surface area contributed by atoms with Gasteiger partial charge in [-0.25, -0.2) is 0 Å². The van der Waals surface area contributed by atoms with Crippen molar-refractivity contribution < 1.29 is 0 Å². The molecule has 0 N–H and O–H groups in total. The van der Waals surface area contributed by atoms with Gasteiger partial charge in [-0.1, -0.05) is 6.08 Å². The van der Waals surface area contributed by atoms with Crippen molar-refractivity contribution in [2.45, 2.75) is 19.9 Å². The minimum absolute atomic E-state index is 0.0648. The second-order valence-electron chi connectivity index (χ2n) is 2.53. The maximum atomic E-state index is 8.67. The molecule has 2 heteroatoms. The normalized spacial score (nSPS) is 15.0. The van der Waals surface area contributed by atoms with Crippen molar-refractivity contribution in [3.63, 3.8) is 0 Å². The van der Waals surface area contributed by atoms with Crippen LogP contribution in [0.4, 0.5) is 0 Å². The van der Waals surface area contributed by atoms with Crippen molar-refractivity contribution in [1.82, 2.24) is 4.90 Å². The average molecular weight is 138 g/mol. The van der Waals surface area contributed by atoms with Gasteiger partial charge in [-0.05, 0) is 33.5 Å². The van der Waals surface area contributed by atoms with Crippen molar-refractivity contribution in [3.8, 4) is 6.07 Å². The summed E-state index contributed by atoms with van der Waals surface area (Å²) in [5, 5.41) is 8.67. The van der Waals surface area contributed by atoms with E-state index in [0.717, 1.165) is 5.57 Å². The summed E-state index contributed by atoms with van der Waals surface area (Å²) in [7, 11) is 3.81. The van der Waals surface area contributed by atoms with Crippen molar-refractivity contribution in [3.05, 3.63) is 11.6 Å². The predicted molar refractivity (Wildman–Crippen MR) is 42.5 cm³/mol. The van der Waals surface area contributed by atoms with E-state index < -0.39 is 0 Å². The Hall–Kier alpha value is -0.810. The number of hydrogen-bond acceptors (Lipinski definition) is 2. The third-order valence-corrected chi connectivity index (χ3v) is 1.53. The second kappa shape index (κ2) is 4.08. The largest absolute Gasteiger partial charge is 0.291 e. The summed E-state index contributed by atoms with van der Waals surface area (Å²) in [6.07, 6.45) is 1.97. The molecule has 0 saturated heterocycles. The minimum Gasteiger partial charge on any atom is -0.291 e. The number of nitrogens with zero attached hydrogens (tertiary/aromatic N) is 2. The van der Waals surface area contributed by atoms with Crippen LogP contribution in [0.3, 0.4) is 0 Å². The summed E-state index contributed by atoms with van der Waals surface area (Å²) in [4.78, 5) is 1.90. The average Bonchev–Trinajstić information content (AvgIpc) is 1.88. The first-order valence-electron chi connectivity index (χ1n) is 3.32. The molecule has 2 nitrogen and oxygen atoms in total. The molecule has 0 aliphatic carbocycles. The number of hydrogen-bond donors (Lipinski definition) is 0. The van der Waals surface area contributed by atoms with Gasteiger partial charge in [0.1, 0.15) is 6.04 Å². The first kappa shape index (κ1) is 9.19. The summed E-state index contributed by atoms with van der Waals surface area (Å²) >= 11 is 0. The van der Waals surface area contributed by atoms with Gasteiger partial charge in [0.25, 0.3) is 0 Å². The Bertz CT molecular complexity index is 163. The number of rotatable bonds is 2. The fraction of sp³-hybridized carbons (Fsp3) is 0.625. The monoisotopic (exact) mass is 138 g/mol. The van der Waals surface area contributed by atoms with Crippen LogP contribution in [0.5, 0.6) is 0 Å². The Labute approximate surface area is 62.8 Å². The molecule has 0 aliphatic heterocycles. The molecule has 1 unspecified atom stereocenters. The Morgan fingerprint density at radius 2 is 2.10 bits per heavy atom. The van der Waals surface area contributed by atoms with Gasteiger partial charge in [0.15, 0.2) is 0 Å². The van der Waals surface area contributed by atoms with Crippen LogP contribution in [0.1, 0.15) is 13.8 Å². The van der Waals surface area contributed by atoms with Crippen molar-refractivity contribution in [2.75, 3.05) is 14.1 Å². The zero-order valence-electron chi connectivity index (χ0n) is 7.05. The van der Waals surface area contributed by atoms with Gasteiger partial charge in [0.2, 0.25) is 0 Å². The van der Waals surface area contributed by atoms with E-state index in [1.807, 2.05) is 38.9 Å². The van der Waals surface area contributed by atoms with Gasteiger partial charge in [0.05, 0.1) is 6.07 Å². The topological polar surface area (TPSA) is 27.0 Å². The van der Waals surface area contributed by atoms with E-state index >= 15 is 0 Å². The molecule has 0 aromatic heterocycles. The van der Waals surface area contributed by atoms with E-state index in [0.29, 0.717) is 0 Å². The number of allylic oxidation sites excluding steroid dienone is 1. The van der Waals surface area contributed by atoms with Crippen LogP contribution >= 0.6 is 0 Å². The van der Waals surface area contributed by atoms with Crippen LogP contribution in [0.2, 0.25) is 0 Å². The highest BCUT2D eigenvalue weighted by atomic mass is 15.1. The van der Waals surface area contributed by atoms with Crippen molar-refractivity contribution in [1.29, 1.82) is 5.26 Å². The van der Waals surface area contributed by atoms with Gasteiger partial charge in [0, 0.05) is 0 Å². The van der Waals surface area contributed by atoms with Crippen LogP contribution in [-0.4, -0.2) is 25.0 Å². The molecular formula is C8H14N2. The fourth-order valence-corrected chi connectivity index (χ4v) is 0.782. The summed E-state index contributed by atoms with van der Waals surface area (Å²) in [5.74, 6) is 0. The van der Waals surface area contributed by atoms with Crippen LogP contribution in [0.15, 0.2) is 11.6 Å². The van der Waals surface area contributed by atoms with E-state index in [1.165, 1.54) is 0 Å². The molecule has 0 aliphatic rings. The number of likely N-dealkylation sites (N-methyl/N-ethyl adjacent to an activating group) is 1. The van der Waals surface area contributed by atoms with Crippen LogP contribution in [0, 0.1) is 11.3 Å². The number of nitriles is 1. The highest BCUT2D eigenvalue weighted by Crippen LogP contribution is 2.04. The lowest BCUT2D eigenvalue weighted by Gasteiger charge is -2.16. The molecule has 10 heavy (non-hydrogen) atoms. The third kappa shape index (κ3) is 2.20. The summed E-state index contributed by atoms with van der Waals surface area (Å²) < 4.78 is 0. The van der Waals surface area contributed by atoms with Gasteiger partial charge >= 0.3 is 0 Å². The van der Waals surface area contributed by atoms with E-state index in [2.05, 4.69) is 6.07 Å². The van der Waals surface area contributed by atoms with E-state index in [-0.39, 0.29) is 6.04 Å². The van der Waals surface area contributed by atoms with Gasteiger partial charge in [-0.3, -0.25) is 4.90 Å². The van der Waals surface area contributed by atoms with Gasteiger partial charge < -0.3 is 0 Å². The Balaban J connectivity index is 4.26. The van der Waals surface area contributed by atoms with Crippen molar-refractivity contribution in [2.24, 2.45) is 0 Å². The Morgan fingerprint density at radius 1 is 1.60 bits per heavy atom. The second-order valence-corrected chi connectivity index (χ2v) is 2.53. The maximum Gasteiger partial charge on any atom is 0.119 e. The summed E-state index contributed by atoms with van der Waals surface area (Å²) in [5.41, 5.74) is 1.10. The Kier molecular flexibility index (Phi) is 3.75. The van der Waals surface area contributed by atoms with Crippen LogP contribution in [-0.2, 0) is 0 Å². The summed E-state index contributed by atoms with van der Waals surface area (Å²) in [6, 6.07) is 2.14. The van der Waals surface area contributed by atoms with Crippen LogP contribution < -0.4 is 0 Å². The zero-order valence-corrected chi connectivity index (χ0v) is 7.05. The molecule has 0 radical (unpaired) electrons. The molecule has 0 amide bonds. The van der Waals surface area contributed by atoms with Gasteiger partial charge in [-0.2, -0.15) is 5.26 Å². The molecule has 0 heterocycles. The lowest BCUT2D eigenvalue weighted by Crippen LogP contribution is -2.27. The fourth-order valence-electron chi connectivity index (χ4n) is 0.782. The highest BCUT2D eigenvalue weighted by molar-refractivity contribution is 5.15. The molecule has 1 atom stereocenters. The maximum absolute atomic E-state index is 8.67. The summed E-state index contributed by atoms with van der Waals surface area (Å²) in [6.45, 7) is 3.91. The highest BCUT2D eigenvalue weighted by Gasteiger charge is 2.09. The quantitative estimate of drug-likeness (QED) is 0.539. The standard InChI is InChI=1S/C8H14N2/c1-5-7(2)8(6-9)10(3)4/h5,8H,1-4H3. The first-order chi connectivity index (χ1) is 4.63. The van der Waals surface area contributed by atoms with E-state index in [4.69, 9.17) is 5.26 Å².